The van der Waals surface area contributed by atoms with E-state index < -0.39 is 0 Å². The number of aromatic nitrogens is 2. The molecule has 0 radical (unpaired) electrons. The highest BCUT2D eigenvalue weighted by Gasteiger charge is 2.21. The third kappa shape index (κ3) is 1.95. The Kier molecular flexibility index (Phi) is 2.51. The van der Waals surface area contributed by atoms with Crippen molar-refractivity contribution in [3.63, 3.8) is 0 Å². The molecule has 18 heavy (non-hydrogen) atoms. The van der Waals surface area contributed by atoms with Gasteiger partial charge in [0.2, 0.25) is 5.78 Å². The first kappa shape index (κ1) is 10.8. The van der Waals surface area contributed by atoms with Crippen LogP contribution in [0.1, 0.15) is 16.1 Å². The Balaban J connectivity index is 1.72. The van der Waals surface area contributed by atoms with Gasteiger partial charge < -0.3 is 9.47 Å². The van der Waals surface area contributed by atoms with Gasteiger partial charge in [0.1, 0.15) is 18.1 Å². The monoisotopic (exact) mass is 244 g/mol. The Morgan fingerprint density at radius 2 is 2.33 bits per heavy atom. The molecule has 0 aliphatic carbocycles. The summed E-state index contributed by atoms with van der Waals surface area (Å²) in [5.41, 5.74) is 1.48. The Morgan fingerprint density at radius 1 is 1.44 bits per heavy atom. The molecule has 0 spiro atoms. The summed E-state index contributed by atoms with van der Waals surface area (Å²) in [6.07, 6.45) is 1.86. The van der Waals surface area contributed by atoms with Gasteiger partial charge >= 0.3 is 0 Å². The van der Waals surface area contributed by atoms with Gasteiger partial charge in [-0.25, -0.2) is 0 Å². The van der Waals surface area contributed by atoms with Crippen molar-refractivity contribution in [2.45, 2.75) is 6.61 Å². The molecule has 0 N–H and O–H groups in total. The molecule has 5 nitrogen and oxygen atoms in total. The molecule has 0 fully saturated rings. The lowest BCUT2D eigenvalue weighted by Gasteiger charge is -2.05. The fourth-order valence-electron chi connectivity index (χ4n) is 1.86. The van der Waals surface area contributed by atoms with E-state index in [9.17, 15) is 4.79 Å². The molecule has 1 aromatic heterocycles. The van der Waals surface area contributed by atoms with Gasteiger partial charge in [0.05, 0.1) is 11.3 Å². The van der Waals surface area contributed by atoms with Crippen molar-refractivity contribution >= 4 is 5.78 Å². The zero-order valence-electron chi connectivity index (χ0n) is 9.92. The highest BCUT2D eigenvalue weighted by Crippen LogP contribution is 2.29. The van der Waals surface area contributed by atoms with Crippen LogP contribution in [0.3, 0.4) is 0 Å². The highest BCUT2D eigenvalue weighted by molar-refractivity contribution is 6.02. The molecule has 2 aromatic rings. The maximum absolute atomic E-state index is 11.4. The maximum atomic E-state index is 11.4. The number of aryl methyl sites for hydroxylation is 1. The minimum atomic E-state index is 0.0151. The van der Waals surface area contributed by atoms with E-state index >= 15 is 0 Å². The smallest absolute Gasteiger partial charge is 0.203 e. The van der Waals surface area contributed by atoms with Crippen molar-refractivity contribution in [1.29, 1.82) is 0 Å². The number of hydrogen-bond acceptors (Lipinski definition) is 4. The van der Waals surface area contributed by atoms with E-state index in [2.05, 4.69) is 5.10 Å². The predicted octanol–water partition coefficient (Wildman–Crippen LogP) is 1.57. The summed E-state index contributed by atoms with van der Waals surface area (Å²) < 4.78 is 12.6. The molecule has 0 atom stereocenters. The number of ketones is 1. The van der Waals surface area contributed by atoms with Gasteiger partial charge in [0.25, 0.3) is 0 Å². The molecule has 0 bridgehead atoms. The summed E-state index contributed by atoms with van der Waals surface area (Å²) in [7, 11) is 1.86. The van der Waals surface area contributed by atoms with E-state index in [1.54, 1.807) is 22.9 Å². The summed E-state index contributed by atoms with van der Waals surface area (Å²) >= 11 is 0. The number of hydrogen-bond donors (Lipinski definition) is 0. The average Bonchev–Trinajstić information content (AvgIpc) is 2.94. The molecule has 1 aromatic carbocycles. The summed E-state index contributed by atoms with van der Waals surface area (Å²) in [4.78, 5) is 11.4. The van der Waals surface area contributed by atoms with Crippen molar-refractivity contribution < 1.29 is 14.3 Å². The number of ether oxygens (including phenoxy) is 2. The van der Waals surface area contributed by atoms with Gasteiger partial charge in [-0.1, -0.05) is 0 Å². The Morgan fingerprint density at radius 3 is 3.11 bits per heavy atom. The average molecular weight is 244 g/mol. The quantitative estimate of drug-likeness (QED) is 0.822. The van der Waals surface area contributed by atoms with Crippen LogP contribution in [0.25, 0.3) is 0 Å². The first-order valence-electron chi connectivity index (χ1n) is 5.64. The van der Waals surface area contributed by atoms with Crippen LogP contribution >= 0.6 is 0 Å². The summed E-state index contributed by atoms with van der Waals surface area (Å²) in [6.45, 7) is 0.520. The molecule has 0 unspecified atom stereocenters. The number of nitrogens with zero attached hydrogens (tertiary/aromatic N) is 2. The molecule has 0 saturated heterocycles. The third-order valence-electron chi connectivity index (χ3n) is 2.77. The maximum Gasteiger partial charge on any atom is 0.203 e. The lowest BCUT2D eigenvalue weighted by atomic mass is 10.1. The van der Waals surface area contributed by atoms with E-state index in [0.717, 1.165) is 5.69 Å². The van der Waals surface area contributed by atoms with Crippen molar-refractivity contribution in [2.75, 3.05) is 6.61 Å². The number of Topliss-reactive ketones (excluding diaryl/α,β-unsaturated/α-hetero) is 1. The number of carbonyl (C=O) groups is 1. The first-order chi connectivity index (χ1) is 8.72. The SMILES string of the molecule is Cn1ccc(COc2ccc3c(c2)OCC3=O)n1. The summed E-state index contributed by atoms with van der Waals surface area (Å²) in [5, 5.41) is 4.22. The number of rotatable bonds is 3. The second kappa shape index (κ2) is 4.18. The van der Waals surface area contributed by atoms with Crippen LogP contribution < -0.4 is 9.47 Å². The highest BCUT2D eigenvalue weighted by atomic mass is 16.5. The van der Waals surface area contributed by atoms with Gasteiger partial charge in [0.15, 0.2) is 6.61 Å². The fraction of sp³-hybridized carbons (Fsp3) is 0.231. The zero-order valence-corrected chi connectivity index (χ0v) is 9.92. The molecule has 2 heterocycles. The minimum Gasteiger partial charge on any atom is -0.487 e. The van der Waals surface area contributed by atoms with Crippen LogP contribution in [0.15, 0.2) is 30.5 Å². The normalized spacial score (nSPS) is 13.3. The number of carbonyl (C=O) groups excluding carboxylic acids is 1. The lowest BCUT2D eigenvalue weighted by Crippen LogP contribution is -1.98. The molecule has 5 heteroatoms. The van der Waals surface area contributed by atoms with Gasteiger partial charge in [-0.05, 0) is 18.2 Å². The largest absolute Gasteiger partial charge is 0.487 e. The topological polar surface area (TPSA) is 53.4 Å². The van der Waals surface area contributed by atoms with Crippen LogP contribution in [0.4, 0.5) is 0 Å². The van der Waals surface area contributed by atoms with Crippen LogP contribution in [0.2, 0.25) is 0 Å². The standard InChI is InChI=1S/C13H12N2O3/c1-15-5-4-9(14-15)7-17-10-2-3-11-12(16)8-18-13(11)6-10/h2-6H,7-8H2,1H3. The second-order valence-corrected chi connectivity index (χ2v) is 4.14. The van der Waals surface area contributed by atoms with Crippen molar-refractivity contribution in [1.82, 2.24) is 9.78 Å². The second-order valence-electron chi connectivity index (χ2n) is 4.14. The van der Waals surface area contributed by atoms with Crippen LogP contribution in [-0.2, 0) is 13.7 Å². The number of benzene rings is 1. The van der Waals surface area contributed by atoms with Crippen LogP contribution in [-0.4, -0.2) is 22.2 Å². The van der Waals surface area contributed by atoms with Crippen molar-refractivity contribution in [2.24, 2.45) is 7.05 Å². The summed E-state index contributed by atoms with van der Waals surface area (Å²) in [6, 6.07) is 7.14. The minimum absolute atomic E-state index is 0.0151. The summed E-state index contributed by atoms with van der Waals surface area (Å²) in [5.74, 6) is 1.29. The fourth-order valence-corrected chi connectivity index (χ4v) is 1.86. The molecular formula is C13H12N2O3. The molecule has 1 aliphatic rings. The molecular weight excluding hydrogens is 232 g/mol. The van der Waals surface area contributed by atoms with Gasteiger partial charge in [-0.2, -0.15) is 5.10 Å². The van der Waals surface area contributed by atoms with Crippen molar-refractivity contribution in [3.05, 3.63) is 41.7 Å². The van der Waals surface area contributed by atoms with Gasteiger partial charge in [-0.15, -0.1) is 0 Å². The van der Waals surface area contributed by atoms with Gasteiger partial charge in [0, 0.05) is 19.3 Å². The van der Waals surface area contributed by atoms with Gasteiger partial charge in [-0.3, -0.25) is 9.48 Å². The Hall–Kier alpha value is -2.30. The molecule has 0 saturated carbocycles. The third-order valence-corrected chi connectivity index (χ3v) is 2.77. The van der Waals surface area contributed by atoms with E-state index in [0.29, 0.717) is 23.7 Å². The molecule has 1 aliphatic heterocycles. The van der Waals surface area contributed by atoms with E-state index in [4.69, 9.17) is 9.47 Å². The zero-order chi connectivity index (χ0) is 12.5. The molecule has 92 valence electrons. The van der Waals surface area contributed by atoms with E-state index in [1.165, 1.54) is 0 Å². The lowest BCUT2D eigenvalue weighted by molar-refractivity contribution is 0.0961. The molecule has 0 amide bonds. The Labute approximate surface area is 104 Å². The Bertz CT molecular complexity index is 604. The van der Waals surface area contributed by atoms with E-state index in [1.807, 2.05) is 19.3 Å². The predicted molar refractivity (Wildman–Crippen MR) is 63.8 cm³/mol. The van der Waals surface area contributed by atoms with Crippen LogP contribution in [0, 0.1) is 0 Å². The number of fused-ring (bicyclic) bond motifs is 1. The first-order valence-corrected chi connectivity index (χ1v) is 5.64. The van der Waals surface area contributed by atoms with E-state index in [-0.39, 0.29) is 12.4 Å². The van der Waals surface area contributed by atoms with Crippen molar-refractivity contribution in [3.8, 4) is 11.5 Å². The van der Waals surface area contributed by atoms with Crippen LogP contribution in [0.5, 0.6) is 11.5 Å². The molecule has 3 rings (SSSR count).